The Morgan fingerprint density at radius 2 is 2.24 bits per heavy atom. The molecule has 90 valence electrons. The van der Waals surface area contributed by atoms with Crippen LogP contribution in [0.5, 0.6) is 0 Å². The molecule has 0 spiro atoms. The van der Waals surface area contributed by atoms with Crippen LogP contribution < -0.4 is 10.6 Å². The van der Waals surface area contributed by atoms with Gasteiger partial charge in [0.15, 0.2) is 0 Å². The first-order chi connectivity index (χ1) is 8.29. The van der Waals surface area contributed by atoms with Gasteiger partial charge in [-0.05, 0) is 19.2 Å². The molecule has 0 atom stereocenters. The summed E-state index contributed by atoms with van der Waals surface area (Å²) < 4.78 is 1.20. The number of fused-ring (bicyclic) bond motifs is 1. The number of thiazole rings is 1. The maximum Gasteiger partial charge on any atom is 0.233 e. The first-order valence-electron chi connectivity index (χ1n) is 5.55. The maximum absolute atomic E-state index is 11.2. The second-order valence-electron chi connectivity index (χ2n) is 3.71. The zero-order chi connectivity index (χ0) is 12.1. The van der Waals surface area contributed by atoms with E-state index in [1.807, 2.05) is 18.2 Å². The van der Waals surface area contributed by atoms with Gasteiger partial charge in [0, 0.05) is 13.0 Å². The van der Waals surface area contributed by atoms with Gasteiger partial charge in [-0.25, -0.2) is 4.98 Å². The van der Waals surface area contributed by atoms with E-state index in [0.717, 1.165) is 16.9 Å². The van der Waals surface area contributed by atoms with Gasteiger partial charge in [0.1, 0.15) is 0 Å². The lowest BCUT2D eigenvalue weighted by Crippen LogP contribution is -2.33. The first kappa shape index (κ1) is 12.0. The number of likely N-dealkylation sites (N-methyl/N-ethyl adjacent to an activating group) is 1. The van der Waals surface area contributed by atoms with Crippen LogP contribution in [0, 0.1) is 0 Å². The van der Waals surface area contributed by atoms with Gasteiger partial charge >= 0.3 is 0 Å². The number of hydrogen-bond donors (Lipinski definition) is 2. The van der Waals surface area contributed by atoms with Crippen LogP contribution >= 0.6 is 11.3 Å². The number of nitrogens with zero attached hydrogens (tertiary/aromatic N) is 1. The highest BCUT2D eigenvalue weighted by Crippen LogP contribution is 2.21. The fraction of sp³-hybridized carbons (Fsp3) is 0.333. The second-order valence-corrected chi connectivity index (χ2v) is 4.82. The molecule has 0 saturated heterocycles. The molecule has 0 aliphatic heterocycles. The van der Waals surface area contributed by atoms with Crippen LogP contribution in [0.15, 0.2) is 24.3 Å². The number of aromatic nitrogens is 1. The lowest BCUT2D eigenvalue weighted by atomic mass is 10.3. The third-order valence-corrected chi connectivity index (χ3v) is 3.43. The second kappa shape index (κ2) is 5.75. The van der Waals surface area contributed by atoms with Crippen molar-refractivity contribution in [1.82, 2.24) is 15.6 Å². The minimum absolute atomic E-state index is 0.0219. The average Bonchev–Trinajstić information content (AvgIpc) is 2.71. The number of amides is 1. The third-order valence-electron chi connectivity index (χ3n) is 2.34. The molecule has 2 rings (SSSR count). The fourth-order valence-electron chi connectivity index (χ4n) is 1.56. The van der Waals surface area contributed by atoms with Gasteiger partial charge in [0.25, 0.3) is 0 Å². The van der Waals surface area contributed by atoms with E-state index in [4.69, 9.17) is 0 Å². The molecule has 0 aliphatic rings. The van der Waals surface area contributed by atoms with Crippen molar-refractivity contribution in [2.24, 2.45) is 0 Å². The van der Waals surface area contributed by atoms with Gasteiger partial charge in [0.2, 0.25) is 5.91 Å². The Morgan fingerprint density at radius 1 is 1.41 bits per heavy atom. The maximum atomic E-state index is 11.2. The molecule has 1 aromatic heterocycles. The summed E-state index contributed by atoms with van der Waals surface area (Å²) in [6.07, 6.45) is 0.787. The molecule has 0 bridgehead atoms. The molecular weight excluding hydrogens is 234 g/mol. The molecule has 0 aliphatic carbocycles. The number of benzene rings is 1. The van der Waals surface area contributed by atoms with Crippen LogP contribution in [0.1, 0.15) is 5.01 Å². The molecule has 0 unspecified atom stereocenters. The van der Waals surface area contributed by atoms with Gasteiger partial charge < -0.3 is 10.6 Å². The lowest BCUT2D eigenvalue weighted by molar-refractivity contribution is -0.120. The quantitative estimate of drug-likeness (QED) is 0.836. The SMILES string of the molecule is CNCC(=O)NCCc1nc2ccccc2s1. The Bertz CT molecular complexity index is 476. The van der Waals surface area contributed by atoms with E-state index in [9.17, 15) is 4.79 Å². The number of carbonyl (C=O) groups excluding carboxylic acids is 1. The van der Waals surface area contributed by atoms with Crippen LogP contribution in [0.3, 0.4) is 0 Å². The van der Waals surface area contributed by atoms with Crippen molar-refractivity contribution >= 4 is 27.5 Å². The van der Waals surface area contributed by atoms with E-state index >= 15 is 0 Å². The number of para-hydroxylation sites is 1. The molecule has 1 heterocycles. The van der Waals surface area contributed by atoms with E-state index in [2.05, 4.69) is 21.7 Å². The average molecular weight is 249 g/mol. The summed E-state index contributed by atoms with van der Waals surface area (Å²) in [6.45, 7) is 1.00. The monoisotopic (exact) mass is 249 g/mol. The van der Waals surface area contributed by atoms with Crippen molar-refractivity contribution in [1.29, 1.82) is 0 Å². The zero-order valence-corrected chi connectivity index (χ0v) is 10.5. The summed E-state index contributed by atoms with van der Waals surface area (Å²) in [5.41, 5.74) is 1.04. The molecule has 2 N–H and O–H groups in total. The molecular formula is C12H15N3OS. The molecule has 0 radical (unpaired) electrons. The Hall–Kier alpha value is -1.46. The topological polar surface area (TPSA) is 54.0 Å². The predicted molar refractivity (Wildman–Crippen MR) is 70.3 cm³/mol. The van der Waals surface area contributed by atoms with Gasteiger partial charge in [0.05, 0.1) is 21.8 Å². The molecule has 0 fully saturated rings. The number of rotatable bonds is 5. The van der Waals surface area contributed by atoms with E-state index in [0.29, 0.717) is 13.1 Å². The van der Waals surface area contributed by atoms with Gasteiger partial charge in [-0.15, -0.1) is 11.3 Å². The van der Waals surface area contributed by atoms with Crippen LogP contribution in [0.25, 0.3) is 10.2 Å². The molecule has 0 saturated carbocycles. The molecule has 2 aromatic rings. The van der Waals surface area contributed by atoms with Gasteiger partial charge in [-0.1, -0.05) is 12.1 Å². The van der Waals surface area contributed by atoms with E-state index in [-0.39, 0.29) is 5.91 Å². The molecule has 17 heavy (non-hydrogen) atoms. The van der Waals surface area contributed by atoms with Crippen molar-refractivity contribution in [3.63, 3.8) is 0 Å². The Morgan fingerprint density at radius 3 is 3.00 bits per heavy atom. The number of hydrogen-bond acceptors (Lipinski definition) is 4. The van der Waals surface area contributed by atoms with E-state index < -0.39 is 0 Å². The molecule has 1 amide bonds. The minimum atomic E-state index is 0.0219. The summed E-state index contributed by atoms with van der Waals surface area (Å²) in [7, 11) is 1.76. The minimum Gasteiger partial charge on any atom is -0.355 e. The Balaban J connectivity index is 1.89. The van der Waals surface area contributed by atoms with Crippen LogP contribution in [0.2, 0.25) is 0 Å². The summed E-state index contributed by atoms with van der Waals surface area (Å²) in [5.74, 6) is 0.0219. The molecule has 4 nitrogen and oxygen atoms in total. The summed E-state index contributed by atoms with van der Waals surface area (Å²) in [4.78, 5) is 15.7. The number of nitrogens with one attached hydrogen (secondary N) is 2. The largest absolute Gasteiger partial charge is 0.355 e. The van der Waals surface area contributed by atoms with Gasteiger partial charge in [-0.2, -0.15) is 0 Å². The highest BCUT2D eigenvalue weighted by molar-refractivity contribution is 7.18. The molecule has 5 heteroatoms. The van der Waals surface area contributed by atoms with Crippen LogP contribution in [-0.4, -0.2) is 31.0 Å². The normalized spacial score (nSPS) is 10.6. The zero-order valence-electron chi connectivity index (χ0n) is 9.69. The summed E-state index contributed by atoms with van der Waals surface area (Å²) in [5, 5.41) is 6.72. The van der Waals surface area contributed by atoms with Crippen molar-refractivity contribution in [2.75, 3.05) is 20.1 Å². The van der Waals surface area contributed by atoms with Gasteiger partial charge in [-0.3, -0.25) is 4.79 Å². The van der Waals surface area contributed by atoms with E-state index in [1.54, 1.807) is 18.4 Å². The Kier molecular flexibility index (Phi) is 4.06. The highest BCUT2D eigenvalue weighted by Gasteiger charge is 2.03. The van der Waals surface area contributed by atoms with E-state index in [1.165, 1.54) is 4.70 Å². The Labute approximate surface area is 104 Å². The smallest absolute Gasteiger partial charge is 0.233 e. The lowest BCUT2D eigenvalue weighted by Gasteiger charge is -2.02. The third kappa shape index (κ3) is 3.25. The first-order valence-corrected chi connectivity index (χ1v) is 6.37. The number of carbonyl (C=O) groups is 1. The van der Waals surface area contributed by atoms with Crippen LogP contribution in [0.4, 0.5) is 0 Å². The highest BCUT2D eigenvalue weighted by atomic mass is 32.1. The van der Waals surface area contributed by atoms with Crippen molar-refractivity contribution in [3.05, 3.63) is 29.3 Å². The van der Waals surface area contributed by atoms with Crippen molar-refractivity contribution in [3.8, 4) is 0 Å². The van der Waals surface area contributed by atoms with Crippen molar-refractivity contribution in [2.45, 2.75) is 6.42 Å². The summed E-state index contributed by atoms with van der Waals surface area (Å²) in [6, 6.07) is 8.07. The predicted octanol–water partition coefficient (Wildman–Crippen LogP) is 1.17. The summed E-state index contributed by atoms with van der Waals surface area (Å²) >= 11 is 1.68. The van der Waals surface area contributed by atoms with Crippen LogP contribution in [-0.2, 0) is 11.2 Å². The molecule has 1 aromatic carbocycles. The fourth-order valence-corrected chi connectivity index (χ4v) is 2.53. The standard InChI is InChI=1S/C12H15N3OS/c1-13-8-11(16)14-7-6-12-15-9-4-2-3-5-10(9)17-12/h2-5,13H,6-8H2,1H3,(H,14,16). The van der Waals surface area contributed by atoms with Crippen molar-refractivity contribution < 1.29 is 4.79 Å².